The molecule has 0 radical (unpaired) electrons. The van der Waals surface area contributed by atoms with Crippen LogP contribution in [0.3, 0.4) is 0 Å². The van der Waals surface area contributed by atoms with Gasteiger partial charge in [-0.15, -0.1) is 0 Å². The van der Waals surface area contributed by atoms with E-state index < -0.39 is 10.0 Å². The molecule has 1 aromatic carbocycles. The number of aromatic nitrogens is 1. The molecule has 0 unspecified atom stereocenters. The third-order valence-corrected chi connectivity index (χ3v) is 3.97. The summed E-state index contributed by atoms with van der Waals surface area (Å²) in [7, 11) is -3.62. The van der Waals surface area contributed by atoms with Crippen LogP contribution in [0.2, 0.25) is 0 Å². The Hall–Kier alpha value is -1.88. The van der Waals surface area contributed by atoms with Crippen molar-refractivity contribution in [1.29, 1.82) is 0 Å². The molecule has 100 valence electrons. The van der Waals surface area contributed by atoms with E-state index in [-0.39, 0.29) is 5.03 Å². The molecule has 0 bridgehead atoms. The zero-order valence-electron chi connectivity index (χ0n) is 10.7. The lowest BCUT2D eigenvalue weighted by Gasteiger charge is -2.11. The summed E-state index contributed by atoms with van der Waals surface area (Å²) >= 11 is 0. The van der Waals surface area contributed by atoms with E-state index in [1.54, 1.807) is 18.2 Å². The van der Waals surface area contributed by atoms with Crippen LogP contribution in [0.4, 0.5) is 5.69 Å². The van der Waals surface area contributed by atoms with Gasteiger partial charge in [-0.25, -0.2) is 4.98 Å². The summed E-state index contributed by atoms with van der Waals surface area (Å²) in [6.07, 6.45) is 3.26. The molecular formula is C14H16N2O2S. The van der Waals surface area contributed by atoms with Crippen LogP contribution < -0.4 is 4.72 Å². The third kappa shape index (κ3) is 3.32. The van der Waals surface area contributed by atoms with Gasteiger partial charge in [-0.05, 0) is 30.2 Å². The van der Waals surface area contributed by atoms with E-state index in [1.165, 1.54) is 12.3 Å². The van der Waals surface area contributed by atoms with Gasteiger partial charge in [0.1, 0.15) is 0 Å². The predicted octanol–water partition coefficient (Wildman–Crippen LogP) is 2.83. The van der Waals surface area contributed by atoms with Gasteiger partial charge in [0.25, 0.3) is 10.0 Å². The van der Waals surface area contributed by atoms with Gasteiger partial charge in [-0.2, -0.15) is 8.42 Å². The molecule has 1 aromatic heterocycles. The zero-order chi connectivity index (χ0) is 13.7. The molecular weight excluding hydrogens is 260 g/mol. The standard InChI is InChI=1S/C14H16N2O2S/c1-2-7-12-8-3-4-9-13(12)16-19(17,18)14-10-5-6-11-15-14/h3-6,8-11,16H,2,7H2,1H3. The van der Waals surface area contributed by atoms with E-state index in [4.69, 9.17) is 0 Å². The topological polar surface area (TPSA) is 59.1 Å². The molecule has 0 fully saturated rings. The SMILES string of the molecule is CCCc1ccccc1NS(=O)(=O)c1ccccn1. The molecule has 4 nitrogen and oxygen atoms in total. The first-order valence-corrected chi connectivity index (χ1v) is 7.63. The van der Waals surface area contributed by atoms with Crippen molar-refractivity contribution in [2.45, 2.75) is 24.8 Å². The highest BCUT2D eigenvalue weighted by atomic mass is 32.2. The van der Waals surface area contributed by atoms with Crippen LogP contribution in [0.1, 0.15) is 18.9 Å². The van der Waals surface area contributed by atoms with Gasteiger partial charge in [0, 0.05) is 6.20 Å². The van der Waals surface area contributed by atoms with Crippen LogP contribution in [0.25, 0.3) is 0 Å². The molecule has 0 aliphatic heterocycles. The maximum absolute atomic E-state index is 12.2. The second-order valence-corrected chi connectivity index (χ2v) is 5.81. The van der Waals surface area contributed by atoms with Gasteiger partial charge in [-0.3, -0.25) is 4.72 Å². The number of nitrogens with one attached hydrogen (secondary N) is 1. The van der Waals surface area contributed by atoms with Crippen LogP contribution in [0.15, 0.2) is 53.7 Å². The fourth-order valence-electron chi connectivity index (χ4n) is 1.81. The number of sulfonamides is 1. The Morgan fingerprint density at radius 1 is 1.11 bits per heavy atom. The van der Waals surface area contributed by atoms with Crippen molar-refractivity contribution in [3.05, 3.63) is 54.2 Å². The summed E-state index contributed by atoms with van der Waals surface area (Å²) < 4.78 is 27.0. The summed E-state index contributed by atoms with van der Waals surface area (Å²) in [5.41, 5.74) is 1.61. The molecule has 2 aromatic rings. The second kappa shape index (κ2) is 5.84. The summed E-state index contributed by atoms with van der Waals surface area (Å²) in [4.78, 5) is 3.87. The molecule has 0 saturated carbocycles. The number of anilines is 1. The number of para-hydroxylation sites is 1. The molecule has 5 heteroatoms. The number of hydrogen-bond acceptors (Lipinski definition) is 3. The first-order chi connectivity index (χ1) is 9.13. The normalized spacial score (nSPS) is 11.2. The first-order valence-electron chi connectivity index (χ1n) is 6.15. The highest BCUT2D eigenvalue weighted by Gasteiger charge is 2.16. The number of pyridine rings is 1. The predicted molar refractivity (Wildman–Crippen MR) is 75.5 cm³/mol. The van der Waals surface area contributed by atoms with E-state index in [2.05, 4.69) is 16.6 Å². The van der Waals surface area contributed by atoms with Gasteiger partial charge in [-0.1, -0.05) is 37.6 Å². The summed E-state index contributed by atoms with van der Waals surface area (Å²) in [5, 5.41) is 0.0290. The average Bonchev–Trinajstić information content (AvgIpc) is 2.42. The van der Waals surface area contributed by atoms with E-state index in [0.717, 1.165) is 18.4 Å². The minimum atomic E-state index is -3.62. The molecule has 0 aliphatic rings. The average molecular weight is 276 g/mol. The van der Waals surface area contributed by atoms with Gasteiger partial charge >= 0.3 is 0 Å². The van der Waals surface area contributed by atoms with Gasteiger partial charge in [0.2, 0.25) is 0 Å². The molecule has 1 heterocycles. The van der Waals surface area contributed by atoms with Crippen LogP contribution in [0, 0.1) is 0 Å². The fraction of sp³-hybridized carbons (Fsp3) is 0.214. The van der Waals surface area contributed by atoms with Crippen molar-refractivity contribution in [2.24, 2.45) is 0 Å². The Bertz CT molecular complexity index is 640. The van der Waals surface area contributed by atoms with Crippen LogP contribution >= 0.6 is 0 Å². The maximum Gasteiger partial charge on any atom is 0.279 e. The molecule has 2 rings (SSSR count). The van der Waals surface area contributed by atoms with E-state index >= 15 is 0 Å². The number of hydrogen-bond donors (Lipinski definition) is 1. The van der Waals surface area contributed by atoms with Crippen molar-refractivity contribution in [3.8, 4) is 0 Å². The summed E-state index contributed by atoms with van der Waals surface area (Å²) in [6, 6.07) is 12.2. The highest BCUT2D eigenvalue weighted by Crippen LogP contribution is 2.20. The smallest absolute Gasteiger partial charge is 0.278 e. The largest absolute Gasteiger partial charge is 0.279 e. The molecule has 0 saturated heterocycles. The van der Waals surface area contributed by atoms with Crippen LogP contribution in [0.5, 0.6) is 0 Å². The van der Waals surface area contributed by atoms with Crippen molar-refractivity contribution in [2.75, 3.05) is 4.72 Å². The van der Waals surface area contributed by atoms with E-state index in [9.17, 15) is 8.42 Å². The molecule has 0 aliphatic carbocycles. The van der Waals surface area contributed by atoms with E-state index in [0.29, 0.717) is 5.69 Å². The zero-order valence-corrected chi connectivity index (χ0v) is 11.5. The van der Waals surface area contributed by atoms with Crippen molar-refractivity contribution in [1.82, 2.24) is 4.98 Å². The summed E-state index contributed by atoms with van der Waals surface area (Å²) in [6.45, 7) is 2.06. The number of nitrogens with zero attached hydrogens (tertiary/aromatic N) is 1. The third-order valence-electron chi connectivity index (χ3n) is 2.69. The van der Waals surface area contributed by atoms with Crippen molar-refractivity contribution >= 4 is 15.7 Å². The molecule has 0 amide bonds. The monoisotopic (exact) mass is 276 g/mol. The minimum Gasteiger partial charge on any atom is -0.278 e. The highest BCUT2D eigenvalue weighted by molar-refractivity contribution is 7.92. The quantitative estimate of drug-likeness (QED) is 0.913. The number of benzene rings is 1. The lowest BCUT2D eigenvalue weighted by molar-refractivity contribution is 0.597. The first kappa shape index (κ1) is 13.5. The Morgan fingerprint density at radius 3 is 2.53 bits per heavy atom. The maximum atomic E-state index is 12.2. The van der Waals surface area contributed by atoms with Crippen LogP contribution in [-0.2, 0) is 16.4 Å². The lowest BCUT2D eigenvalue weighted by Crippen LogP contribution is -2.15. The minimum absolute atomic E-state index is 0.0290. The molecule has 1 N–H and O–H groups in total. The van der Waals surface area contributed by atoms with Gasteiger partial charge in [0.15, 0.2) is 5.03 Å². The molecule has 0 atom stereocenters. The van der Waals surface area contributed by atoms with Crippen LogP contribution in [-0.4, -0.2) is 13.4 Å². The summed E-state index contributed by atoms with van der Waals surface area (Å²) in [5.74, 6) is 0. The van der Waals surface area contributed by atoms with Gasteiger partial charge in [0.05, 0.1) is 5.69 Å². The van der Waals surface area contributed by atoms with E-state index in [1.807, 2.05) is 18.2 Å². The Morgan fingerprint density at radius 2 is 1.84 bits per heavy atom. The number of rotatable bonds is 5. The fourth-order valence-corrected chi connectivity index (χ4v) is 2.86. The van der Waals surface area contributed by atoms with Gasteiger partial charge < -0.3 is 0 Å². The Kier molecular flexibility index (Phi) is 4.16. The lowest BCUT2D eigenvalue weighted by atomic mass is 10.1. The molecule has 0 spiro atoms. The Labute approximate surface area is 113 Å². The van der Waals surface area contributed by atoms with Crippen molar-refractivity contribution < 1.29 is 8.42 Å². The van der Waals surface area contributed by atoms with Crippen molar-refractivity contribution in [3.63, 3.8) is 0 Å². The Balaban J connectivity index is 2.31. The number of aryl methyl sites for hydroxylation is 1. The molecule has 19 heavy (non-hydrogen) atoms. The second-order valence-electron chi connectivity index (χ2n) is 4.18.